The van der Waals surface area contributed by atoms with E-state index in [1.165, 1.54) is 0 Å². The lowest BCUT2D eigenvalue weighted by molar-refractivity contribution is -0.136. The molecular formula is C23H23N3O3S. The number of hydrogen-bond acceptors (Lipinski definition) is 5. The second-order valence-corrected chi connectivity index (χ2v) is 8.19. The van der Waals surface area contributed by atoms with Crippen LogP contribution in [-0.2, 0) is 9.59 Å². The summed E-state index contributed by atoms with van der Waals surface area (Å²) in [6.07, 6.45) is 0.188. The van der Waals surface area contributed by atoms with Crippen LogP contribution in [0, 0.1) is 11.3 Å². The van der Waals surface area contributed by atoms with Gasteiger partial charge in [-0.15, -0.1) is 0 Å². The molecule has 6 nitrogen and oxygen atoms in total. The Morgan fingerprint density at radius 2 is 1.77 bits per heavy atom. The van der Waals surface area contributed by atoms with Crippen LogP contribution in [0.5, 0.6) is 5.75 Å². The molecule has 1 spiro atoms. The van der Waals surface area contributed by atoms with Gasteiger partial charge in [-0.3, -0.25) is 9.59 Å². The maximum Gasteiger partial charge on any atom is 0.241 e. The number of Topliss-reactive ketones (excluding diaryl/α,β-unsaturated/α-hetero) is 1. The smallest absolute Gasteiger partial charge is 0.241 e. The van der Waals surface area contributed by atoms with Crippen LogP contribution >= 0.6 is 12.2 Å². The topological polar surface area (TPSA) is 93.8 Å². The highest BCUT2D eigenvalue weighted by Crippen LogP contribution is 2.57. The Labute approximate surface area is 180 Å². The summed E-state index contributed by atoms with van der Waals surface area (Å²) in [5.41, 5.74) is 6.98. The molecule has 154 valence electrons. The lowest BCUT2D eigenvalue weighted by Gasteiger charge is -2.51. The molecule has 4 atom stereocenters. The fraction of sp³-hybridized carbons (Fsp3) is 0.304. The minimum absolute atomic E-state index is 0.0490. The van der Waals surface area contributed by atoms with Gasteiger partial charge in [0.2, 0.25) is 11.0 Å². The first-order valence-corrected chi connectivity index (χ1v) is 10.2. The highest BCUT2D eigenvalue weighted by atomic mass is 32.1. The van der Waals surface area contributed by atoms with E-state index in [0.717, 1.165) is 11.1 Å². The van der Waals surface area contributed by atoms with Crippen molar-refractivity contribution in [2.24, 2.45) is 22.1 Å². The fourth-order valence-electron chi connectivity index (χ4n) is 4.96. The minimum atomic E-state index is -1.23. The van der Waals surface area contributed by atoms with E-state index in [1.807, 2.05) is 61.5 Å². The van der Waals surface area contributed by atoms with E-state index in [1.54, 1.807) is 7.11 Å². The van der Waals surface area contributed by atoms with Crippen LogP contribution in [-0.4, -0.2) is 29.7 Å². The van der Waals surface area contributed by atoms with Crippen molar-refractivity contribution in [3.05, 3.63) is 65.7 Å². The zero-order valence-corrected chi connectivity index (χ0v) is 17.6. The van der Waals surface area contributed by atoms with E-state index in [4.69, 9.17) is 22.7 Å². The molecule has 2 aromatic carbocycles. The number of ether oxygens (including phenoxy) is 1. The first-order valence-electron chi connectivity index (χ1n) is 9.81. The number of benzene rings is 2. The highest BCUT2D eigenvalue weighted by Gasteiger charge is 2.62. The Morgan fingerprint density at radius 1 is 1.10 bits per heavy atom. The average molecular weight is 422 g/mol. The number of ketones is 1. The number of rotatable bonds is 3. The number of amides is 1. The molecule has 0 saturated heterocycles. The number of aliphatic imine (C=N–C) groups is 1. The Kier molecular flexibility index (Phi) is 5.15. The monoisotopic (exact) mass is 421 g/mol. The van der Waals surface area contributed by atoms with E-state index >= 15 is 0 Å². The molecule has 1 heterocycles. The number of carbonyl (C=O) groups is 2. The standard InChI is InChI=1S/C23H23N3O3S/c1-13-18(27)12-17(14-8-10-16(29-2)11-9-14)23(19(13)15-6-4-3-5-7-15)20(24)25-22(30)26-21(23)28/h3-11,13,17,19H,12H2,1-2H3,(H3,24,25,26,28,30). The van der Waals surface area contributed by atoms with Crippen molar-refractivity contribution in [3.8, 4) is 5.75 Å². The first kappa shape index (κ1) is 20.2. The van der Waals surface area contributed by atoms with Crippen molar-refractivity contribution in [1.82, 2.24) is 5.32 Å². The summed E-state index contributed by atoms with van der Waals surface area (Å²) in [4.78, 5) is 31.1. The summed E-state index contributed by atoms with van der Waals surface area (Å²) in [5, 5.41) is 2.77. The molecule has 3 N–H and O–H groups in total. The van der Waals surface area contributed by atoms with Gasteiger partial charge in [0.05, 0.1) is 7.11 Å². The Hall–Kier alpha value is -3.06. The molecule has 2 aromatic rings. The predicted octanol–water partition coefficient (Wildman–Crippen LogP) is 2.93. The lowest BCUT2D eigenvalue weighted by Crippen LogP contribution is -2.64. The molecule has 30 heavy (non-hydrogen) atoms. The maximum atomic E-state index is 13.6. The molecule has 4 unspecified atom stereocenters. The van der Waals surface area contributed by atoms with Gasteiger partial charge in [0, 0.05) is 24.2 Å². The summed E-state index contributed by atoms with van der Waals surface area (Å²) >= 11 is 5.13. The molecule has 7 heteroatoms. The number of nitrogens with one attached hydrogen (secondary N) is 1. The third kappa shape index (κ3) is 3.01. The molecular weight excluding hydrogens is 398 g/mol. The third-order valence-electron chi connectivity index (χ3n) is 6.37. The van der Waals surface area contributed by atoms with Crippen LogP contribution in [0.4, 0.5) is 0 Å². The van der Waals surface area contributed by atoms with Crippen molar-refractivity contribution in [1.29, 1.82) is 0 Å². The molecule has 1 fully saturated rings. The molecule has 0 aromatic heterocycles. The van der Waals surface area contributed by atoms with E-state index in [-0.39, 0.29) is 29.1 Å². The lowest BCUT2D eigenvalue weighted by atomic mass is 9.51. The van der Waals surface area contributed by atoms with Gasteiger partial charge in [0.15, 0.2) is 0 Å². The fourth-order valence-corrected chi connectivity index (χ4v) is 5.15. The van der Waals surface area contributed by atoms with Gasteiger partial charge in [0.1, 0.15) is 22.8 Å². The summed E-state index contributed by atoms with van der Waals surface area (Å²) < 4.78 is 5.27. The average Bonchev–Trinajstić information content (AvgIpc) is 2.74. The Morgan fingerprint density at radius 3 is 2.37 bits per heavy atom. The number of thiocarbonyl (C=S) groups is 1. The van der Waals surface area contributed by atoms with Gasteiger partial charge in [-0.25, -0.2) is 4.99 Å². The van der Waals surface area contributed by atoms with Gasteiger partial charge >= 0.3 is 0 Å². The quantitative estimate of drug-likeness (QED) is 0.744. The van der Waals surface area contributed by atoms with Crippen LogP contribution < -0.4 is 15.8 Å². The van der Waals surface area contributed by atoms with Crippen LogP contribution in [0.3, 0.4) is 0 Å². The van der Waals surface area contributed by atoms with Gasteiger partial charge in [-0.2, -0.15) is 0 Å². The van der Waals surface area contributed by atoms with Crippen molar-refractivity contribution >= 4 is 34.9 Å². The summed E-state index contributed by atoms with van der Waals surface area (Å²) in [6.45, 7) is 1.86. The molecule has 1 saturated carbocycles. The predicted molar refractivity (Wildman–Crippen MR) is 119 cm³/mol. The number of carbonyl (C=O) groups excluding carboxylic acids is 2. The van der Waals surface area contributed by atoms with Gasteiger partial charge in [-0.1, -0.05) is 49.4 Å². The van der Waals surface area contributed by atoms with Gasteiger partial charge in [0.25, 0.3) is 0 Å². The maximum absolute atomic E-state index is 13.6. The van der Waals surface area contributed by atoms with Crippen LogP contribution in [0.15, 0.2) is 59.6 Å². The molecule has 1 aliphatic carbocycles. The van der Waals surface area contributed by atoms with Gasteiger partial charge < -0.3 is 15.8 Å². The van der Waals surface area contributed by atoms with Crippen LogP contribution in [0.2, 0.25) is 0 Å². The normalized spacial score (nSPS) is 28.8. The van der Waals surface area contributed by atoms with Crippen molar-refractivity contribution < 1.29 is 14.3 Å². The highest BCUT2D eigenvalue weighted by molar-refractivity contribution is 7.80. The molecule has 1 aliphatic heterocycles. The number of hydrogen-bond donors (Lipinski definition) is 2. The van der Waals surface area contributed by atoms with Crippen LogP contribution in [0.25, 0.3) is 0 Å². The van der Waals surface area contributed by atoms with E-state index in [0.29, 0.717) is 5.75 Å². The SMILES string of the molecule is COc1ccc(C2CC(=O)C(C)C(c3ccccc3)C23C(=O)NC(=S)N=C3N)cc1. The van der Waals surface area contributed by atoms with E-state index in [9.17, 15) is 9.59 Å². The molecule has 0 bridgehead atoms. The van der Waals surface area contributed by atoms with Crippen molar-refractivity contribution in [2.45, 2.75) is 25.2 Å². The van der Waals surface area contributed by atoms with Gasteiger partial charge in [-0.05, 0) is 35.5 Å². The number of nitrogens with zero attached hydrogens (tertiary/aromatic N) is 1. The molecule has 4 rings (SSSR count). The Balaban J connectivity index is 1.98. The summed E-state index contributed by atoms with van der Waals surface area (Å²) in [7, 11) is 1.59. The zero-order chi connectivity index (χ0) is 21.5. The third-order valence-corrected chi connectivity index (χ3v) is 6.57. The van der Waals surface area contributed by atoms with Crippen molar-refractivity contribution in [3.63, 3.8) is 0 Å². The summed E-state index contributed by atoms with van der Waals surface area (Å²) in [5.74, 6) is -0.738. The molecule has 2 aliphatic rings. The minimum Gasteiger partial charge on any atom is -0.497 e. The molecule has 0 radical (unpaired) electrons. The first-order chi connectivity index (χ1) is 14.4. The molecule has 1 amide bonds. The summed E-state index contributed by atoms with van der Waals surface area (Å²) in [6, 6.07) is 17.0. The number of methoxy groups -OCH3 is 1. The van der Waals surface area contributed by atoms with Crippen LogP contribution in [0.1, 0.15) is 36.3 Å². The second kappa shape index (κ2) is 7.65. The largest absolute Gasteiger partial charge is 0.497 e. The zero-order valence-electron chi connectivity index (χ0n) is 16.8. The Bertz CT molecular complexity index is 1040. The van der Waals surface area contributed by atoms with E-state index in [2.05, 4.69) is 10.3 Å². The van der Waals surface area contributed by atoms with Crippen molar-refractivity contribution in [2.75, 3.05) is 7.11 Å². The number of nitrogens with two attached hydrogens (primary N) is 1. The number of amidine groups is 1. The second-order valence-electron chi connectivity index (χ2n) is 7.80. The van der Waals surface area contributed by atoms with E-state index < -0.39 is 23.2 Å².